The van der Waals surface area contributed by atoms with Gasteiger partial charge in [-0.25, -0.2) is 0 Å². The van der Waals surface area contributed by atoms with E-state index in [1.165, 1.54) is 19.3 Å². The van der Waals surface area contributed by atoms with Gasteiger partial charge in [0.2, 0.25) is 0 Å². The van der Waals surface area contributed by atoms with Crippen LogP contribution in [0.25, 0.3) is 6.08 Å². The Hall–Kier alpha value is -3.32. The highest BCUT2D eigenvalue weighted by Crippen LogP contribution is 2.33. The molecular formula is C26H31N3O4. The Bertz CT molecular complexity index is 1050. The van der Waals surface area contributed by atoms with Gasteiger partial charge < -0.3 is 25.0 Å². The molecular weight excluding hydrogens is 418 g/mol. The molecule has 4 rings (SSSR count). The highest BCUT2D eigenvalue weighted by atomic mass is 16.5. The van der Waals surface area contributed by atoms with Crippen molar-refractivity contribution in [1.82, 2.24) is 10.2 Å². The summed E-state index contributed by atoms with van der Waals surface area (Å²) in [4.78, 5) is 27.7. The lowest BCUT2D eigenvalue weighted by molar-refractivity contribution is -0.115. The summed E-state index contributed by atoms with van der Waals surface area (Å²) >= 11 is 0. The highest BCUT2D eigenvalue weighted by molar-refractivity contribution is 6.09. The molecule has 2 aromatic carbocycles. The second-order valence-electron chi connectivity index (χ2n) is 8.51. The first kappa shape index (κ1) is 22.9. The van der Waals surface area contributed by atoms with Crippen molar-refractivity contribution in [3.63, 3.8) is 0 Å². The molecule has 7 heteroatoms. The summed E-state index contributed by atoms with van der Waals surface area (Å²) in [5, 5.41) is 5.80. The van der Waals surface area contributed by atoms with Gasteiger partial charge in [0.05, 0.1) is 12.8 Å². The predicted molar refractivity (Wildman–Crippen MR) is 129 cm³/mol. The van der Waals surface area contributed by atoms with Crippen LogP contribution in [0.5, 0.6) is 11.5 Å². The van der Waals surface area contributed by atoms with Gasteiger partial charge in [0.1, 0.15) is 5.75 Å². The van der Waals surface area contributed by atoms with Crippen LogP contribution < -0.4 is 20.1 Å². The Labute approximate surface area is 194 Å². The molecule has 2 aliphatic rings. The number of piperidine rings is 1. The normalized spacial score (nSPS) is 19.4. The zero-order valence-electron chi connectivity index (χ0n) is 19.2. The molecule has 0 aliphatic carbocycles. The van der Waals surface area contributed by atoms with E-state index in [9.17, 15) is 9.59 Å². The Morgan fingerprint density at radius 1 is 1.27 bits per heavy atom. The molecule has 0 spiro atoms. The number of carbonyl (C=O) groups excluding carboxylic acids is 2. The van der Waals surface area contributed by atoms with Crippen molar-refractivity contribution in [2.45, 2.75) is 38.6 Å². The van der Waals surface area contributed by atoms with Crippen molar-refractivity contribution in [1.29, 1.82) is 0 Å². The van der Waals surface area contributed by atoms with Gasteiger partial charge in [0, 0.05) is 30.3 Å². The molecule has 2 heterocycles. The summed E-state index contributed by atoms with van der Waals surface area (Å²) in [6, 6.07) is 13.1. The van der Waals surface area contributed by atoms with E-state index in [1.807, 2.05) is 24.3 Å². The summed E-state index contributed by atoms with van der Waals surface area (Å²) in [7, 11) is 1.58. The van der Waals surface area contributed by atoms with Gasteiger partial charge in [0.25, 0.3) is 11.8 Å². The molecule has 2 aliphatic heterocycles. The molecule has 1 fully saturated rings. The van der Waals surface area contributed by atoms with Crippen LogP contribution in [0.4, 0.5) is 5.69 Å². The Morgan fingerprint density at radius 3 is 2.94 bits per heavy atom. The third-order valence-corrected chi connectivity index (χ3v) is 6.21. The van der Waals surface area contributed by atoms with E-state index < -0.39 is 0 Å². The number of nitrogens with one attached hydrogen (secondary N) is 2. The quantitative estimate of drug-likeness (QED) is 0.492. The first-order valence-corrected chi connectivity index (χ1v) is 11.6. The summed E-state index contributed by atoms with van der Waals surface area (Å²) in [5.74, 6) is 0.771. The number of rotatable bonds is 7. The second kappa shape index (κ2) is 10.5. The van der Waals surface area contributed by atoms with Gasteiger partial charge in [-0.1, -0.05) is 24.6 Å². The van der Waals surface area contributed by atoms with Gasteiger partial charge in [0.15, 0.2) is 11.5 Å². The number of ether oxygens (including phenoxy) is 2. The maximum atomic E-state index is 12.6. The smallest absolute Gasteiger partial charge is 0.291 e. The number of carbonyl (C=O) groups is 2. The van der Waals surface area contributed by atoms with Crippen molar-refractivity contribution >= 4 is 23.6 Å². The van der Waals surface area contributed by atoms with Crippen molar-refractivity contribution in [2.75, 3.05) is 32.1 Å². The number of methoxy groups -OCH3 is 1. The molecule has 0 bridgehead atoms. The number of anilines is 1. The lowest BCUT2D eigenvalue weighted by Crippen LogP contribution is -2.39. The number of hydrogen-bond acceptors (Lipinski definition) is 5. The van der Waals surface area contributed by atoms with Gasteiger partial charge >= 0.3 is 0 Å². The fraction of sp³-hybridized carbons (Fsp3) is 0.385. The van der Waals surface area contributed by atoms with E-state index in [4.69, 9.17) is 9.47 Å². The molecule has 1 saturated heterocycles. The van der Waals surface area contributed by atoms with Gasteiger partial charge in [-0.2, -0.15) is 0 Å². The topological polar surface area (TPSA) is 79.9 Å². The van der Waals surface area contributed by atoms with Crippen LogP contribution in [0.15, 0.2) is 48.2 Å². The number of amides is 2. The number of benzene rings is 2. The lowest BCUT2D eigenvalue weighted by Gasteiger charge is -2.33. The van der Waals surface area contributed by atoms with E-state index >= 15 is 0 Å². The molecule has 1 unspecified atom stereocenters. The van der Waals surface area contributed by atoms with Crippen LogP contribution in [-0.2, 0) is 4.79 Å². The van der Waals surface area contributed by atoms with E-state index in [1.54, 1.807) is 31.4 Å². The van der Waals surface area contributed by atoms with E-state index in [2.05, 4.69) is 22.5 Å². The summed E-state index contributed by atoms with van der Waals surface area (Å²) in [6.07, 6.45) is 6.38. The molecule has 7 nitrogen and oxygen atoms in total. The Kier molecular flexibility index (Phi) is 7.29. The molecule has 0 aromatic heterocycles. The minimum absolute atomic E-state index is 0.158. The fourth-order valence-electron chi connectivity index (χ4n) is 4.30. The Morgan fingerprint density at radius 2 is 2.12 bits per heavy atom. The van der Waals surface area contributed by atoms with E-state index in [-0.39, 0.29) is 17.6 Å². The first-order chi connectivity index (χ1) is 16.0. The van der Waals surface area contributed by atoms with Crippen LogP contribution in [0.2, 0.25) is 0 Å². The molecule has 2 N–H and O–H groups in total. The molecule has 174 valence electrons. The molecule has 2 aromatic rings. The minimum atomic E-state index is -0.374. The summed E-state index contributed by atoms with van der Waals surface area (Å²) in [5.41, 5.74) is 1.71. The van der Waals surface area contributed by atoms with Crippen molar-refractivity contribution in [3.05, 3.63) is 59.4 Å². The summed E-state index contributed by atoms with van der Waals surface area (Å²) < 4.78 is 11.1. The number of para-hydroxylation sites is 1. The van der Waals surface area contributed by atoms with Crippen LogP contribution in [0, 0.1) is 0 Å². The second-order valence-corrected chi connectivity index (χ2v) is 8.51. The number of likely N-dealkylation sites (tertiary alicyclic amines) is 1. The number of nitrogens with zero attached hydrogens (tertiary/aromatic N) is 1. The molecule has 0 saturated carbocycles. The summed E-state index contributed by atoms with van der Waals surface area (Å²) in [6.45, 7) is 5.04. The standard InChI is InChI=1S/C26H31N3O4/c1-18-8-5-6-14-29(18)15-7-13-27-25(30)20-11-12-23-21(16-20)28-26(31)24(33-23)17-19-9-3-4-10-22(19)32-2/h3-4,9-12,16-18H,5-8,13-15H2,1-2H3,(H,27,30)(H,28,31). The van der Waals surface area contributed by atoms with Crippen LogP contribution in [0.3, 0.4) is 0 Å². The SMILES string of the molecule is COc1ccccc1C=C1Oc2ccc(C(=O)NCCCN3CCCCC3C)cc2NC1=O. The largest absolute Gasteiger partial charge is 0.496 e. The molecule has 1 atom stereocenters. The average Bonchev–Trinajstić information content (AvgIpc) is 2.83. The van der Waals surface area contributed by atoms with Crippen molar-refractivity contribution in [2.24, 2.45) is 0 Å². The third kappa shape index (κ3) is 5.54. The third-order valence-electron chi connectivity index (χ3n) is 6.21. The Balaban J connectivity index is 1.36. The van der Waals surface area contributed by atoms with Crippen molar-refractivity contribution < 1.29 is 19.1 Å². The maximum absolute atomic E-state index is 12.6. The van der Waals surface area contributed by atoms with Gasteiger partial charge in [-0.3, -0.25) is 9.59 Å². The van der Waals surface area contributed by atoms with E-state index in [0.29, 0.717) is 35.3 Å². The number of hydrogen-bond donors (Lipinski definition) is 2. The molecule has 0 radical (unpaired) electrons. The van der Waals surface area contributed by atoms with Gasteiger partial charge in [-0.15, -0.1) is 0 Å². The molecule has 33 heavy (non-hydrogen) atoms. The minimum Gasteiger partial charge on any atom is -0.496 e. The lowest BCUT2D eigenvalue weighted by atomic mass is 10.0. The monoisotopic (exact) mass is 449 g/mol. The maximum Gasteiger partial charge on any atom is 0.291 e. The predicted octanol–water partition coefficient (Wildman–Crippen LogP) is 4.06. The van der Waals surface area contributed by atoms with Gasteiger partial charge in [-0.05, 0) is 63.1 Å². The highest BCUT2D eigenvalue weighted by Gasteiger charge is 2.24. The first-order valence-electron chi connectivity index (χ1n) is 11.6. The van der Waals surface area contributed by atoms with Crippen LogP contribution in [-0.4, -0.2) is 49.5 Å². The zero-order chi connectivity index (χ0) is 23.2. The van der Waals surface area contributed by atoms with E-state index in [0.717, 1.165) is 25.1 Å². The molecule has 2 amide bonds. The fourth-order valence-corrected chi connectivity index (χ4v) is 4.30. The van der Waals surface area contributed by atoms with Crippen molar-refractivity contribution in [3.8, 4) is 11.5 Å². The zero-order valence-corrected chi connectivity index (χ0v) is 19.2. The van der Waals surface area contributed by atoms with Crippen LogP contribution >= 0.6 is 0 Å². The van der Waals surface area contributed by atoms with Crippen LogP contribution in [0.1, 0.15) is 48.5 Å². The number of fused-ring (bicyclic) bond motifs is 1. The average molecular weight is 450 g/mol.